The van der Waals surface area contributed by atoms with Crippen molar-refractivity contribution in [1.82, 2.24) is 4.90 Å². The monoisotopic (exact) mass is 180 g/mol. The van der Waals surface area contributed by atoms with E-state index in [0.29, 0.717) is 0 Å². The van der Waals surface area contributed by atoms with E-state index in [4.69, 9.17) is 5.73 Å². The number of likely N-dealkylation sites (tertiary alicyclic amines) is 1. The minimum Gasteiger partial charge on any atom is -0.324 e. The Balaban J connectivity index is 1.78. The van der Waals surface area contributed by atoms with Gasteiger partial charge < -0.3 is 10.6 Å². The quantitative estimate of drug-likeness (QED) is 0.653. The zero-order valence-corrected chi connectivity index (χ0v) is 8.39. The summed E-state index contributed by atoms with van der Waals surface area (Å²) in [5.74, 6) is 0. The van der Waals surface area contributed by atoms with Crippen molar-refractivity contribution in [3.8, 4) is 0 Å². The van der Waals surface area contributed by atoms with Gasteiger partial charge in [0.2, 0.25) is 0 Å². The third kappa shape index (κ3) is 2.12. The van der Waals surface area contributed by atoms with E-state index in [-0.39, 0.29) is 5.54 Å². The van der Waals surface area contributed by atoms with E-state index < -0.39 is 0 Å². The number of hydrogen-bond donors (Lipinski definition) is 1. The highest BCUT2D eigenvalue weighted by atomic mass is 15.2. The molecule has 74 valence electrons. The van der Waals surface area contributed by atoms with Crippen LogP contribution in [0, 0.1) is 0 Å². The molecule has 0 radical (unpaired) electrons. The van der Waals surface area contributed by atoms with Gasteiger partial charge in [-0.3, -0.25) is 0 Å². The summed E-state index contributed by atoms with van der Waals surface area (Å²) in [6.07, 6.45) is 6.14. The molecule has 0 aromatic rings. The van der Waals surface area contributed by atoms with Gasteiger partial charge in [-0.2, -0.15) is 0 Å². The predicted octanol–water partition coefficient (Wildman–Crippen LogP) is 1.52. The van der Waals surface area contributed by atoms with E-state index in [1.54, 1.807) is 0 Å². The van der Waals surface area contributed by atoms with E-state index in [9.17, 15) is 0 Å². The van der Waals surface area contributed by atoms with Gasteiger partial charge in [0.05, 0.1) is 0 Å². The molecule has 2 rings (SSSR count). The molecular weight excluding hydrogens is 160 g/mol. The fraction of sp³-hybridized carbons (Fsp3) is 0.818. The lowest BCUT2D eigenvalue weighted by Crippen LogP contribution is -2.55. The highest BCUT2D eigenvalue weighted by Crippen LogP contribution is 2.30. The molecule has 2 fully saturated rings. The molecule has 1 aliphatic heterocycles. The van der Waals surface area contributed by atoms with Crippen LogP contribution in [0.5, 0.6) is 0 Å². The van der Waals surface area contributed by atoms with Gasteiger partial charge in [-0.1, -0.05) is 12.2 Å². The number of rotatable bonds is 2. The second-order valence-corrected chi connectivity index (χ2v) is 4.74. The Morgan fingerprint density at radius 3 is 2.38 bits per heavy atom. The highest BCUT2D eigenvalue weighted by molar-refractivity contribution is 5.02. The molecule has 0 aromatic heterocycles. The summed E-state index contributed by atoms with van der Waals surface area (Å²) in [5.41, 5.74) is 7.78. The normalized spacial score (nSPS) is 28.5. The van der Waals surface area contributed by atoms with Gasteiger partial charge in [0.15, 0.2) is 0 Å². The first-order valence-electron chi connectivity index (χ1n) is 5.36. The Hall–Kier alpha value is -0.340. The summed E-state index contributed by atoms with van der Waals surface area (Å²) in [4.78, 5) is 2.51. The molecule has 1 heterocycles. The number of nitrogens with zero attached hydrogens (tertiary/aromatic N) is 1. The van der Waals surface area contributed by atoms with Crippen LogP contribution in [-0.4, -0.2) is 30.1 Å². The van der Waals surface area contributed by atoms with Crippen LogP contribution in [0.25, 0.3) is 0 Å². The topological polar surface area (TPSA) is 29.3 Å². The Morgan fingerprint density at radius 2 is 1.92 bits per heavy atom. The predicted molar refractivity (Wildman–Crippen MR) is 55.6 cm³/mol. The zero-order chi connectivity index (χ0) is 9.31. The minimum atomic E-state index is 0.165. The number of piperidine rings is 1. The van der Waals surface area contributed by atoms with Crippen molar-refractivity contribution in [2.45, 2.75) is 37.6 Å². The minimum absolute atomic E-state index is 0.165. The Bertz CT molecular complexity index is 196. The lowest BCUT2D eigenvalue weighted by Gasteiger charge is -2.43. The van der Waals surface area contributed by atoms with Crippen LogP contribution < -0.4 is 5.73 Å². The van der Waals surface area contributed by atoms with Crippen LogP contribution in [-0.2, 0) is 0 Å². The molecule has 2 heteroatoms. The van der Waals surface area contributed by atoms with Crippen molar-refractivity contribution in [3.63, 3.8) is 0 Å². The molecule has 1 saturated carbocycles. The Morgan fingerprint density at radius 1 is 1.31 bits per heavy atom. The molecular formula is C11H20N2. The Kier molecular flexibility index (Phi) is 2.43. The maximum absolute atomic E-state index is 6.20. The van der Waals surface area contributed by atoms with Crippen LogP contribution in [0.15, 0.2) is 12.2 Å². The van der Waals surface area contributed by atoms with E-state index in [1.165, 1.54) is 50.8 Å². The summed E-state index contributed by atoms with van der Waals surface area (Å²) in [7, 11) is 0. The van der Waals surface area contributed by atoms with Crippen LogP contribution in [0.4, 0.5) is 0 Å². The Labute approximate surface area is 80.8 Å². The van der Waals surface area contributed by atoms with Gasteiger partial charge in [0.1, 0.15) is 0 Å². The van der Waals surface area contributed by atoms with E-state index >= 15 is 0 Å². The van der Waals surface area contributed by atoms with Crippen molar-refractivity contribution in [2.75, 3.05) is 19.6 Å². The molecule has 0 atom stereocenters. The molecule has 2 nitrogen and oxygen atoms in total. The average Bonchev–Trinajstić information content (AvgIpc) is 2.06. The maximum Gasteiger partial charge on any atom is 0.0283 e. The van der Waals surface area contributed by atoms with E-state index in [2.05, 4.69) is 11.5 Å². The molecule has 0 spiro atoms. The summed E-state index contributed by atoms with van der Waals surface area (Å²) in [5, 5.41) is 0. The second kappa shape index (κ2) is 3.43. The molecule has 0 aromatic carbocycles. The molecule has 0 amide bonds. The van der Waals surface area contributed by atoms with Crippen molar-refractivity contribution in [3.05, 3.63) is 12.2 Å². The zero-order valence-electron chi connectivity index (χ0n) is 8.39. The van der Waals surface area contributed by atoms with Crippen LogP contribution in [0.3, 0.4) is 0 Å². The third-order valence-corrected chi connectivity index (χ3v) is 3.45. The first-order chi connectivity index (χ1) is 6.18. The van der Waals surface area contributed by atoms with Gasteiger partial charge in [-0.05, 0) is 32.1 Å². The van der Waals surface area contributed by atoms with Crippen LogP contribution in [0.2, 0.25) is 0 Å². The highest BCUT2D eigenvalue weighted by Gasteiger charge is 2.34. The van der Waals surface area contributed by atoms with E-state index in [1.807, 2.05) is 0 Å². The number of hydrogen-bond acceptors (Lipinski definition) is 2. The SMILES string of the molecule is C=C1CCN(CC2(N)CCC2)CC1. The smallest absolute Gasteiger partial charge is 0.0283 e. The number of nitrogens with two attached hydrogens (primary N) is 1. The average molecular weight is 180 g/mol. The largest absolute Gasteiger partial charge is 0.324 e. The lowest BCUT2D eigenvalue weighted by molar-refractivity contribution is 0.138. The van der Waals surface area contributed by atoms with E-state index in [0.717, 1.165) is 6.54 Å². The fourth-order valence-corrected chi connectivity index (χ4v) is 2.26. The van der Waals surface area contributed by atoms with Crippen LogP contribution >= 0.6 is 0 Å². The van der Waals surface area contributed by atoms with Gasteiger partial charge in [0.25, 0.3) is 0 Å². The van der Waals surface area contributed by atoms with Gasteiger partial charge in [-0.15, -0.1) is 0 Å². The van der Waals surface area contributed by atoms with Gasteiger partial charge >= 0.3 is 0 Å². The summed E-state index contributed by atoms with van der Waals surface area (Å²) in [6, 6.07) is 0. The lowest BCUT2D eigenvalue weighted by atomic mass is 9.77. The van der Waals surface area contributed by atoms with Gasteiger partial charge in [0, 0.05) is 25.2 Å². The molecule has 13 heavy (non-hydrogen) atoms. The van der Waals surface area contributed by atoms with Crippen molar-refractivity contribution in [2.24, 2.45) is 5.73 Å². The molecule has 2 N–H and O–H groups in total. The standard InChI is InChI=1S/C11H20N2/c1-10-3-7-13(8-4-10)9-11(12)5-2-6-11/h1-9,12H2. The molecule has 0 unspecified atom stereocenters. The van der Waals surface area contributed by atoms with Crippen LogP contribution in [0.1, 0.15) is 32.1 Å². The second-order valence-electron chi connectivity index (χ2n) is 4.74. The fourth-order valence-electron chi connectivity index (χ4n) is 2.26. The summed E-state index contributed by atoms with van der Waals surface area (Å²) < 4.78 is 0. The van der Waals surface area contributed by atoms with Crippen molar-refractivity contribution < 1.29 is 0 Å². The molecule has 2 aliphatic rings. The van der Waals surface area contributed by atoms with Crippen molar-refractivity contribution in [1.29, 1.82) is 0 Å². The first kappa shape index (κ1) is 9.22. The molecule has 0 bridgehead atoms. The summed E-state index contributed by atoms with van der Waals surface area (Å²) in [6.45, 7) is 7.49. The van der Waals surface area contributed by atoms with Crippen molar-refractivity contribution >= 4 is 0 Å². The summed E-state index contributed by atoms with van der Waals surface area (Å²) >= 11 is 0. The first-order valence-corrected chi connectivity index (χ1v) is 5.36. The third-order valence-electron chi connectivity index (χ3n) is 3.45. The van der Waals surface area contributed by atoms with Gasteiger partial charge in [-0.25, -0.2) is 0 Å². The molecule has 1 aliphatic carbocycles. The maximum atomic E-state index is 6.20. The molecule has 1 saturated heterocycles.